The molecule has 0 radical (unpaired) electrons. The third kappa shape index (κ3) is 1.60. The Morgan fingerprint density at radius 1 is 1.41 bits per heavy atom. The number of fused-ring (bicyclic) bond motifs is 1. The largest absolute Gasteiger partial charge is 0.476 e. The number of hydrogen-bond donors (Lipinski definition) is 2. The Hall–Kier alpha value is -2.17. The number of nitrogens with one attached hydrogen (secondary N) is 1. The van der Waals surface area contributed by atoms with Gasteiger partial charge in [0.1, 0.15) is 0 Å². The number of aromatic nitrogens is 3. The van der Waals surface area contributed by atoms with Gasteiger partial charge in [0.15, 0.2) is 5.69 Å². The van der Waals surface area contributed by atoms with E-state index in [4.69, 9.17) is 5.11 Å². The van der Waals surface area contributed by atoms with Crippen molar-refractivity contribution in [3.8, 4) is 0 Å². The second-order valence-corrected chi connectivity index (χ2v) is 4.19. The van der Waals surface area contributed by atoms with E-state index in [1.807, 2.05) is 18.2 Å². The summed E-state index contributed by atoms with van der Waals surface area (Å²) in [6.07, 6.45) is 3.25. The molecule has 5 heteroatoms. The molecule has 17 heavy (non-hydrogen) atoms. The maximum Gasteiger partial charge on any atom is 0.356 e. The number of aromatic amines is 1. The molecule has 2 aromatic heterocycles. The number of H-pyrrole nitrogens is 1. The van der Waals surface area contributed by atoms with Crippen molar-refractivity contribution in [1.82, 2.24) is 15.2 Å². The zero-order chi connectivity index (χ0) is 11.8. The van der Waals surface area contributed by atoms with Crippen LogP contribution in [0.4, 0.5) is 0 Å². The summed E-state index contributed by atoms with van der Waals surface area (Å²) in [5, 5.41) is 15.6. The van der Waals surface area contributed by atoms with Crippen molar-refractivity contribution >= 4 is 5.97 Å². The molecule has 1 aliphatic rings. The average molecular weight is 229 g/mol. The fourth-order valence-electron chi connectivity index (χ4n) is 2.36. The predicted molar refractivity (Wildman–Crippen MR) is 59.9 cm³/mol. The number of rotatable bonds is 2. The molecule has 2 aromatic rings. The molecule has 86 valence electrons. The van der Waals surface area contributed by atoms with Gasteiger partial charge in [0.2, 0.25) is 0 Å². The highest BCUT2D eigenvalue weighted by Crippen LogP contribution is 2.33. The van der Waals surface area contributed by atoms with Gasteiger partial charge in [-0.05, 0) is 25.0 Å². The third-order valence-electron chi connectivity index (χ3n) is 3.16. The van der Waals surface area contributed by atoms with Gasteiger partial charge in [-0.1, -0.05) is 6.07 Å². The lowest BCUT2D eigenvalue weighted by Gasteiger charge is -2.07. The summed E-state index contributed by atoms with van der Waals surface area (Å²) >= 11 is 0. The first-order valence-electron chi connectivity index (χ1n) is 5.46. The number of nitrogens with zero attached hydrogens (tertiary/aromatic N) is 2. The van der Waals surface area contributed by atoms with Crippen molar-refractivity contribution in [3.63, 3.8) is 0 Å². The maximum absolute atomic E-state index is 11.0. The Morgan fingerprint density at radius 3 is 3.00 bits per heavy atom. The van der Waals surface area contributed by atoms with Crippen LogP contribution in [-0.2, 0) is 12.8 Å². The normalized spacial score (nSPS) is 18.0. The summed E-state index contributed by atoms with van der Waals surface area (Å²) in [7, 11) is 0. The summed E-state index contributed by atoms with van der Waals surface area (Å²) in [6, 6.07) is 5.80. The summed E-state index contributed by atoms with van der Waals surface area (Å²) in [5.41, 5.74) is 2.91. The average Bonchev–Trinajstić information content (AvgIpc) is 2.88. The quantitative estimate of drug-likeness (QED) is 0.815. The van der Waals surface area contributed by atoms with Crippen LogP contribution in [0.15, 0.2) is 24.4 Å². The Morgan fingerprint density at radius 2 is 2.29 bits per heavy atom. The number of carbonyl (C=O) groups is 1. The first-order valence-corrected chi connectivity index (χ1v) is 5.46. The van der Waals surface area contributed by atoms with Crippen molar-refractivity contribution in [3.05, 3.63) is 47.0 Å². The molecule has 0 aliphatic heterocycles. The minimum Gasteiger partial charge on any atom is -0.476 e. The molecule has 0 amide bonds. The highest BCUT2D eigenvalue weighted by molar-refractivity contribution is 5.87. The van der Waals surface area contributed by atoms with Gasteiger partial charge in [0.25, 0.3) is 0 Å². The van der Waals surface area contributed by atoms with Crippen LogP contribution < -0.4 is 0 Å². The molecule has 0 fully saturated rings. The zero-order valence-corrected chi connectivity index (χ0v) is 9.05. The lowest BCUT2D eigenvalue weighted by atomic mass is 10.0. The predicted octanol–water partition coefficient (Wildman–Crippen LogP) is 1.39. The molecular weight excluding hydrogens is 218 g/mol. The van der Waals surface area contributed by atoms with Crippen molar-refractivity contribution in [1.29, 1.82) is 0 Å². The maximum atomic E-state index is 11.0. The van der Waals surface area contributed by atoms with E-state index in [-0.39, 0.29) is 11.6 Å². The molecular formula is C12H11N3O2. The third-order valence-corrected chi connectivity index (χ3v) is 3.16. The van der Waals surface area contributed by atoms with Gasteiger partial charge in [-0.15, -0.1) is 0 Å². The van der Waals surface area contributed by atoms with E-state index in [9.17, 15) is 4.79 Å². The summed E-state index contributed by atoms with van der Waals surface area (Å²) in [6.45, 7) is 0. The van der Waals surface area contributed by atoms with E-state index in [0.29, 0.717) is 6.42 Å². The molecule has 2 N–H and O–H groups in total. The summed E-state index contributed by atoms with van der Waals surface area (Å²) < 4.78 is 0. The second kappa shape index (κ2) is 3.69. The number of carboxylic acids is 1. The second-order valence-electron chi connectivity index (χ2n) is 4.19. The van der Waals surface area contributed by atoms with Gasteiger partial charge in [-0.3, -0.25) is 10.1 Å². The smallest absolute Gasteiger partial charge is 0.356 e. The van der Waals surface area contributed by atoms with Crippen molar-refractivity contribution < 1.29 is 9.90 Å². The molecule has 0 saturated heterocycles. The summed E-state index contributed by atoms with van der Waals surface area (Å²) in [4.78, 5) is 15.3. The van der Waals surface area contributed by atoms with Crippen LogP contribution in [0.5, 0.6) is 0 Å². The van der Waals surface area contributed by atoms with Crippen molar-refractivity contribution in [2.45, 2.75) is 18.8 Å². The van der Waals surface area contributed by atoms with Crippen LogP contribution in [-0.4, -0.2) is 26.3 Å². The van der Waals surface area contributed by atoms with Gasteiger partial charge in [0.05, 0.1) is 0 Å². The minimum absolute atomic E-state index is 0.151. The Labute approximate surface area is 97.5 Å². The van der Waals surface area contributed by atoms with E-state index in [0.717, 1.165) is 23.4 Å². The molecule has 1 aliphatic carbocycles. The van der Waals surface area contributed by atoms with Gasteiger partial charge >= 0.3 is 5.97 Å². The fourth-order valence-corrected chi connectivity index (χ4v) is 2.36. The Kier molecular flexibility index (Phi) is 2.18. The number of pyridine rings is 1. The SMILES string of the molecule is O=C(O)c1n[nH]c2c1CC(c1ccccn1)C2. The van der Waals surface area contributed by atoms with Crippen LogP contribution in [0.1, 0.15) is 33.4 Å². The molecule has 1 atom stereocenters. The first kappa shape index (κ1) is 10.0. The monoisotopic (exact) mass is 229 g/mol. The number of carboxylic acid groups (broad SMARTS) is 1. The molecule has 0 spiro atoms. The fraction of sp³-hybridized carbons (Fsp3) is 0.250. The Balaban J connectivity index is 1.91. The van der Waals surface area contributed by atoms with E-state index >= 15 is 0 Å². The van der Waals surface area contributed by atoms with E-state index in [1.54, 1.807) is 6.20 Å². The van der Waals surface area contributed by atoms with Crippen molar-refractivity contribution in [2.75, 3.05) is 0 Å². The molecule has 0 aromatic carbocycles. The number of hydrogen-bond acceptors (Lipinski definition) is 3. The first-order chi connectivity index (χ1) is 8.25. The highest BCUT2D eigenvalue weighted by atomic mass is 16.4. The van der Waals surface area contributed by atoms with Gasteiger partial charge in [-0.25, -0.2) is 4.79 Å². The zero-order valence-electron chi connectivity index (χ0n) is 9.05. The van der Waals surface area contributed by atoms with Crippen LogP contribution in [0.2, 0.25) is 0 Å². The lowest BCUT2D eigenvalue weighted by Crippen LogP contribution is -2.05. The van der Waals surface area contributed by atoms with Gasteiger partial charge in [0, 0.05) is 29.1 Å². The van der Waals surface area contributed by atoms with Crippen LogP contribution in [0.3, 0.4) is 0 Å². The van der Waals surface area contributed by atoms with Crippen LogP contribution >= 0.6 is 0 Å². The molecule has 0 saturated carbocycles. The topological polar surface area (TPSA) is 78.9 Å². The van der Waals surface area contributed by atoms with E-state index in [1.165, 1.54) is 0 Å². The van der Waals surface area contributed by atoms with Gasteiger partial charge in [-0.2, -0.15) is 5.10 Å². The molecule has 1 unspecified atom stereocenters. The van der Waals surface area contributed by atoms with E-state index < -0.39 is 5.97 Å². The van der Waals surface area contributed by atoms with E-state index in [2.05, 4.69) is 15.2 Å². The standard InChI is InChI=1S/C12H11N3O2/c16-12(17)11-8-5-7(6-10(8)14-15-11)9-3-1-2-4-13-9/h1-4,7H,5-6H2,(H,14,15)(H,16,17). The molecule has 0 bridgehead atoms. The van der Waals surface area contributed by atoms with Gasteiger partial charge < -0.3 is 5.11 Å². The molecule has 5 nitrogen and oxygen atoms in total. The molecule has 2 heterocycles. The number of aromatic carboxylic acids is 1. The lowest BCUT2D eigenvalue weighted by molar-refractivity contribution is 0.0689. The highest BCUT2D eigenvalue weighted by Gasteiger charge is 2.30. The minimum atomic E-state index is -0.968. The molecule has 3 rings (SSSR count). The summed E-state index contributed by atoms with van der Waals surface area (Å²) in [5.74, 6) is -0.706. The Bertz CT molecular complexity index is 562. The van der Waals surface area contributed by atoms with Crippen LogP contribution in [0.25, 0.3) is 0 Å². The van der Waals surface area contributed by atoms with Crippen LogP contribution in [0, 0.1) is 0 Å². The van der Waals surface area contributed by atoms with Crippen molar-refractivity contribution in [2.24, 2.45) is 0 Å².